The van der Waals surface area contributed by atoms with Crippen molar-refractivity contribution >= 4 is 40.6 Å². The molecule has 8 nitrogen and oxygen atoms in total. The Hall–Kier alpha value is -3.37. The van der Waals surface area contributed by atoms with E-state index in [4.69, 9.17) is 0 Å². The first-order chi connectivity index (χ1) is 16.4. The fourth-order valence-corrected chi connectivity index (χ4v) is 4.73. The van der Waals surface area contributed by atoms with E-state index < -0.39 is 17.0 Å². The van der Waals surface area contributed by atoms with Crippen molar-refractivity contribution in [1.29, 1.82) is 0 Å². The van der Waals surface area contributed by atoms with E-state index in [9.17, 15) is 23.9 Å². The molecule has 2 aromatic rings. The van der Waals surface area contributed by atoms with E-state index in [1.165, 1.54) is 18.2 Å². The van der Waals surface area contributed by atoms with E-state index in [-0.39, 0.29) is 41.8 Å². The van der Waals surface area contributed by atoms with Crippen molar-refractivity contribution in [3.05, 3.63) is 64.8 Å². The Morgan fingerprint density at radius 1 is 1.06 bits per heavy atom. The number of carbonyl (C=O) groups excluding carboxylic acids is 3. The first kappa shape index (κ1) is 23.8. The molecule has 34 heavy (non-hydrogen) atoms. The SMILES string of the molecule is O=C(CN1CCN(c2ccccc2O)CC1)NCCN1C(=O)S/C(=C\c2ccccc2F)C1=O. The van der Waals surface area contributed by atoms with Crippen molar-refractivity contribution in [3.63, 3.8) is 0 Å². The van der Waals surface area contributed by atoms with E-state index in [1.807, 2.05) is 17.0 Å². The third kappa shape index (κ3) is 5.57. The number of hydrogen-bond donors (Lipinski definition) is 2. The molecule has 2 fully saturated rings. The number of piperazine rings is 1. The average Bonchev–Trinajstić information content (AvgIpc) is 3.09. The summed E-state index contributed by atoms with van der Waals surface area (Å²) in [6.07, 6.45) is 1.37. The van der Waals surface area contributed by atoms with Crippen LogP contribution in [0.5, 0.6) is 5.75 Å². The minimum Gasteiger partial charge on any atom is -0.506 e. The number of amides is 3. The highest BCUT2D eigenvalue weighted by molar-refractivity contribution is 8.18. The van der Waals surface area contributed by atoms with Crippen LogP contribution < -0.4 is 10.2 Å². The molecule has 2 aromatic carbocycles. The van der Waals surface area contributed by atoms with E-state index in [2.05, 4.69) is 10.2 Å². The highest BCUT2D eigenvalue weighted by Crippen LogP contribution is 2.32. The lowest BCUT2D eigenvalue weighted by molar-refractivity contribution is -0.124. The number of thioether (sulfide) groups is 1. The molecule has 0 spiro atoms. The number of aromatic hydroxyl groups is 1. The van der Waals surface area contributed by atoms with Gasteiger partial charge in [-0.2, -0.15) is 0 Å². The topological polar surface area (TPSA) is 93.2 Å². The van der Waals surface area contributed by atoms with Gasteiger partial charge in [0.25, 0.3) is 11.1 Å². The largest absolute Gasteiger partial charge is 0.506 e. The number of halogens is 1. The van der Waals surface area contributed by atoms with Gasteiger partial charge in [-0.25, -0.2) is 4.39 Å². The van der Waals surface area contributed by atoms with E-state index in [0.717, 1.165) is 22.3 Å². The summed E-state index contributed by atoms with van der Waals surface area (Å²) in [6.45, 7) is 3.13. The Labute approximate surface area is 201 Å². The summed E-state index contributed by atoms with van der Waals surface area (Å²) in [5.74, 6) is -0.912. The molecule has 3 amide bonds. The minimum absolute atomic E-state index is 0.0477. The van der Waals surface area contributed by atoms with Crippen LogP contribution in [0, 0.1) is 5.82 Å². The summed E-state index contributed by atoms with van der Waals surface area (Å²) >= 11 is 0.760. The fourth-order valence-electron chi connectivity index (χ4n) is 3.87. The van der Waals surface area contributed by atoms with Gasteiger partial charge in [-0.05, 0) is 36.0 Å². The van der Waals surface area contributed by atoms with Gasteiger partial charge in [0, 0.05) is 44.8 Å². The lowest BCUT2D eigenvalue weighted by Crippen LogP contribution is -2.50. The number of nitrogens with zero attached hydrogens (tertiary/aromatic N) is 3. The van der Waals surface area contributed by atoms with Crippen LogP contribution in [-0.4, -0.2) is 77.8 Å². The van der Waals surface area contributed by atoms with E-state index >= 15 is 0 Å². The average molecular weight is 485 g/mol. The molecule has 2 aliphatic heterocycles. The number of imide groups is 1. The molecule has 2 saturated heterocycles. The number of hydrogen-bond acceptors (Lipinski definition) is 7. The van der Waals surface area contributed by atoms with Gasteiger partial charge in [-0.15, -0.1) is 0 Å². The second-order valence-electron chi connectivity index (χ2n) is 7.96. The third-order valence-electron chi connectivity index (χ3n) is 5.68. The highest BCUT2D eigenvalue weighted by Gasteiger charge is 2.34. The summed E-state index contributed by atoms with van der Waals surface area (Å²) in [7, 11) is 0. The molecule has 0 atom stereocenters. The first-order valence-corrected chi connectivity index (χ1v) is 11.8. The number of phenolic OH excluding ortho intramolecular Hbond substituents is 1. The number of carbonyl (C=O) groups is 3. The van der Waals surface area contributed by atoms with Crippen molar-refractivity contribution in [3.8, 4) is 5.75 Å². The number of benzene rings is 2. The zero-order valence-electron chi connectivity index (χ0n) is 18.4. The van der Waals surface area contributed by atoms with Gasteiger partial charge in [0.1, 0.15) is 11.6 Å². The van der Waals surface area contributed by atoms with Crippen molar-refractivity contribution in [1.82, 2.24) is 15.1 Å². The Morgan fingerprint density at radius 2 is 1.76 bits per heavy atom. The van der Waals surface area contributed by atoms with Gasteiger partial charge in [-0.1, -0.05) is 30.3 Å². The van der Waals surface area contributed by atoms with Crippen LogP contribution in [0.1, 0.15) is 5.56 Å². The van der Waals surface area contributed by atoms with Crippen LogP contribution in [0.25, 0.3) is 6.08 Å². The smallest absolute Gasteiger partial charge is 0.293 e. The summed E-state index contributed by atoms with van der Waals surface area (Å²) in [4.78, 5) is 42.4. The second kappa shape index (κ2) is 10.7. The molecule has 0 bridgehead atoms. The molecule has 178 valence electrons. The minimum atomic E-state index is -0.493. The zero-order chi connectivity index (χ0) is 24.1. The van der Waals surface area contributed by atoms with Gasteiger partial charge in [0.05, 0.1) is 17.1 Å². The van der Waals surface area contributed by atoms with Crippen LogP contribution in [-0.2, 0) is 9.59 Å². The number of anilines is 1. The molecule has 10 heteroatoms. The molecule has 4 rings (SSSR count). The summed E-state index contributed by atoms with van der Waals surface area (Å²) in [6, 6.07) is 13.2. The number of nitrogens with one attached hydrogen (secondary N) is 1. The standard InChI is InChI=1S/C24H25FN4O4S/c25-18-6-2-1-5-17(18)15-21-23(32)29(24(33)34-21)10-9-26-22(31)16-27-11-13-28(14-12-27)19-7-3-4-8-20(19)30/h1-8,15,30H,9-14,16H2,(H,26,31)/b21-15-. The molecule has 0 radical (unpaired) electrons. The van der Waals surface area contributed by atoms with Crippen LogP contribution in [0.15, 0.2) is 53.4 Å². The van der Waals surface area contributed by atoms with Gasteiger partial charge >= 0.3 is 0 Å². The Balaban J connectivity index is 1.21. The predicted octanol–water partition coefficient (Wildman–Crippen LogP) is 2.51. The summed E-state index contributed by atoms with van der Waals surface area (Å²) < 4.78 is 13.8. The lowest BCUT2D eigenvalue weighted by atomic mass is 10.2. The monoisotopic (exact) mass is 484 g/mol. The van der Waals surface area contributed by atoms with Gasteiger partial charge in [0.15, 0.2) is 0 Å². The van der Waals surface area contributed by atoms with Crippen molar-refractivity contribution in [2.75, 3.05) is 50.7 Å². The molecule has 2 heterocycles. The molecule has 2 aliphatic rings. The van der Waals surface area contributed by atoms with Crippen molar-refractivity contribution < 1.29 is 23.9 Å². The first-order valence-electron chi connectivity index (χ1n) is 10.9. The summed E-state index contributed by atoms with van der Waals surface area (Å²) in [5.41, 5.74) is 1.02. The predicted molar refractivity (Wildman–Crippen MR) is 129 cm³/mol. The van der Waals surface area contributed by atoms with Crippen LogP contribution >= 0.6 is 11.8 Å². The number of phenols is 1. The quantitative estimate of drug-likeness (QED) is 0.584. The van der Waals surface area contributed by atoms with Gasteiger partial charge in [-0.3, -0.25) is 24.2 Å². The van der Waals surface area contributed by atoms with Gasteiger partial charge in [0.2, 0.25) is 5.91 Å². The fraction of sp³-hybridized carbons (Fsp3) is 0.292. The normalized spacial score (nSPS) is 18.1. The maximum absolute atomic E-state index is 13.8. The maximum atomic E-state index is 13.8. The van der Waals surface area contributed by atoms with E-state index in [0.29, 0.717) is 26.2 Å². The van der Waals surface area contributed by atoms with E-state index in [1.54, 1.807) is 24.3 Å². The molecule has 0 saturated carbocycles. The molecular formula is C24H25FN4O4S. The maximum Gasteiger partial charge on any atom is 0.293 e. The molecule has 0 aliphatic carbocycles. The van der Waals surface area contributed by atoms with Crippen molar-refractivity contribution in [2.45, 2.75) is 0 Å². The molecule has 0 aromatic heterocycles. The number of para-hydroxylation sites is 2. The molecule has 2 N–H and O–H groups in total. The van der Waals surface area contributed by atoms with Crippen LogP contribution in [0.3, 0.4) is 0 Å². The van der Waals surface area contributed by atoms with Crippen LogP contribution in [0.4, 0.5) is 14.9 Å². The van der Waals surface area contributed by atoms with Crippen molar-refractivity contribution in [2.24, 2.45) is 0 Å². The number of rotatable bonds is 7. The summed E-state index contributed by atoms with van der Waals surface area (Å²) in [5, 5.41) is 12.3. The zero-order valence-corrected chi connectivity index (χ0v) is 19.3. The Bertz CT molecular complexity index is 1120. The highest BCUT2D eigenvalue weighted by atomic mass is 32.2. The van der Waals surface area contributed by atoms with Gasteiger partial charge < -0.3 is 15.3 Å². The third-order valence-corrected chi connectivity index (χ3v) is 6.59. The second-order valence-corrected chi connectivity index (χ2v) is 8.95. The van der Waals surface area contributed by atoms with Crippen LogP contribution in [0.2, 0.25) is 0 Å². The molecular weight excluding hydrogens is 459 g/mol. The Kier molecular flexibility index (Phi) is 7.49. The Morgan fingerprint density at radius 3 is 2.50 bits per heavy atom. The lowest BCUT2D eigenvalue weighted by Gasteiger charge is -2.35. The molecule has 0 unspecified atom stereocenters.